The van der Waals surface area contributed by atoms with Gasteiger partial charge in [0, 0.05) is 6.54 Å². The lowest BCUT2D eigenvalue weighted by atomic mass is 10.0. The number of hydrogen-bond acceptors (Lipinski definition) is 2. The smallest absolute Gasteiger partial charge is 0.352 e. The van der Waals surface area contributed by atoms with Gasteiger partial charge in [-0.25, -0.2) is 9.07 Å². The molecule has 3 aromatic carbocycles. The molecule has 1 aromatic heterocycles. The maximum Gasteiger partial charge on any atom is 0.434 e. The third kappa shape index (κ3) is 4.14. The molecule has 158 valence electrons. The fraction of sp³-hybridized carbons (Fsp3) is 0.130. The number of para-hydroxylation sites is 1. The number of nitrogens with one attached hydrogen (secondary N) is 1. The van der Waals surface area contributed by atoms with Crippen molar-refractivity contribution in [3.63, 3.8) is 0 Å². The summed E-state index contributed by atoms with van der Waals surface area (Å²) in [6, 6.07) is 18.4. The summed E-state index contributed by atoms with van der Waals surface area (Å²) in [5, 5.41) is 8.21. The molecule has 1 amide bonds. The molecule has 8 heteroatoms. The van der Waals surface area contributed by atoms with Gasteiger partial charge in [0.2, 0.25) is 0 Å². The summed E-state index contributed by atoms with van der Waals surface area (Å²) >= 11 is 0. The van der Waals surface area contributed by atoms with Gasteiger partial charge in [0.25, 0.3) is 5.91 Å². The second-order valence-electron chi connectivity index (χ2n) is 6.91. The zero-order valence-electron chi connectivity index (χ0n) is 16.2. The van der Waals surface area contributed by atoms with Gasteiger partial charge in [-0.2, -0.15) is 18.3 Å². The molecule has 0 saturated carbocycles. The third-order valence-electron chi connectivity index (χ3n) is 4.92. The van der Waals surface area contributed by atoms with Crippen molar-refractivity contribution in [2.24, 2.45) is 0 Å². The summed E-state index contributed by atoms with van der Waals surface area (Å²) in [4.78, 5) is 12.5. The van der Waals surface area contributed by atoms with Gasteiger partial charge < -0.3 is 5.32 Å². The standard InChI is InChI=1S/C23H17F4N3O/c24-19-10-3-4-11-20(19)30-21(23(25,26)27)18(14-29-30)22(31)28-13-12-16-8-5-7-15-6-1-2-9-17(15)16/h1-11,14H,12-13H2,(H,28,31). The molecule has 4 aromatic rings. The Morgan fingerprint density at radius 1 is 0.968 bits per heavy atom. The number of benzene rings is 3. The lowest BCUT2D eigenvalue weighted by Gasteiger charge is -2.13. The minimum atomic E-state index is -4.90. The first kappa shape index (κ1) is 20.6. The second-order valence-corrected chi connectivity index (χ2v) is 6.91. The predicted octanol–water partition coefficient (Wildman–Crippen LogP) is 5.16. The summed E-state index contributed by atoms with van der Waals surface area (Å²) in [5.74, 6) is -1.80. The Balaban J connectivity index is 1.57. The van der Waals surface area contributed by atoms with Crippen LogP contribution in [0.15, 0.2) is 72.9 Å². The zero-order valence-corrected chi connectivity index (χ0v) is 16.2. The molecule has 0 radical (unpaired) electrons. The van der Waals surface area contributed by atoms with E-state index < -0.39 is 29.2 Å². The first-order chi connectivity index (χ1) is 14.9. The second kappa shape index (κ2) is 8.22. The van der Waals surface area contributed by atoms with E-state index in [4.69, 9.17) is 0 Å². The lowest BCUT2D eigenvalue weighted by molar-refractivity contribution is -0.143. The zero-order chi connectivity index (χ0) is 22.0. The Kier molecular flexibility index (Phi) is 5.46. The average molecular weight is 427 g/mol. The first-order valence-corrected chi connectivity index (χ1v) is 9.51. The summed E-state index contributed by atoms with van der Waals surface area (Å²) < 4.78 is 55.6. The van der Waals surface area contributed by atoms with Crippen LogP contribution in [0.2, 0.25) is 0 Å². The summed E-state index contributed by atoms with van der Waals surface area (Å²) in [6.07, 6.45) is -3.65. The van der Waals surface area contributed by atoms with Gasteiger partial charge in [-0.15, -0.1) is 0 Å². The molecule has 1 heterocycles. The molecular weight excluding hydrogens is 410 g/mol. The number of rotatable bonds is 5. The third-order valence-corrected chi connectivity index (χ3v) is 4.92. The number of hydrogen-bond donors (Lipinski definition) is 1. The van der Waals surface area contributed by atoms with Crippen LogP contribution in [0.3, 0.4) is 0 Å². The van der Waals surface area contributed by atoms with Crippen molar-refractivity contribution >= 4 is 16.7 Å². The van der Waals surface area contributed by atoms with Crippen LogP contribution in [0.5, 0.6) is 0 Å². The maximum absolute atomic E-state index is 14.0. The van der Waals surface area contributed by atoms with Crippen LogP contribution in [0.4, 0.5) is 17.6 Å². The number of fused-ring (bicyclic) bond motifs is 1. The van der Waals surface area contributed by atoms with Crippen LogP contribution in [-0.2, 0) is 12.6 Å². The first-order valence-electron chi connectivity index (χ1n) is 9.51. The van der Waals surface area contributed by atoms with Crippen LogP contribution in [-0.4, -0.2) is 22.2 Å². The van der Waals surface area contributed by atoms with E-state index in [9.17, 15) is 22.4 Å². The van der Waals surface area contributed by atoms with Crippen molar-refractivity contribution in [1.29, 1.82) is 0 Å². The molecule has 0 saturated heterocycles. The summed E-state index contributed by atoms with van der Waals surface area (Å²) in [5.41, 5.74) is -1.39. The van der Waals surface area contributed by atoms with E-state index in [2.05, 4.69) is 10.4 Å². The van der Waals surface area contributed by atoms with E-state index in [0.29, 0.717) is 11.1 Å². The number of aromatic nitrogens is 2. The Morgan fingerprint density at radius 3 is 2.45 bits per heavy atom. The molecule has 0 aliphatic heterocycles. The van der Waals surface area contributed by atoms with Gasteiger partial charge in [0.1, 0.15) is 11.5 Å². The molecule has 0 aliphatic carbocycles. The predicted molar refractivity (Wildman–Crippen MR) is 109 cm³/mol. The Hall–Kier alpha value is -3.68. The molecular formula is C23H17F4N3O. The monoisotopic (exact) mass is 427 g/mol. The number of alkyl halides is 3. The highest BCUT2D eigenvalue weighted by Gasteiger charge is 2.40. The lowest BCUT2D eigenvalue weighted by Crippen LogP contribution is -2.28. The highest BCUT2D eigenvalue weighted by atomic mass is 19.4. The van der Waals surface area contributed by atoms with E-state index in [1.54, 1.807) is 0 Å². The van der Waals surface area contributed by atoms with Crippen molar-refractivity contribution in [3.05, 3.63) is 95.6 Å². The topological polar surface area (TPSA) is 46.9 Å². The fourth-order valence-corrected chi connectivity index (χ4v) is 3.51. The molecule has 0 aliphatic rings. The van der Waals surface area contributed by atoms with Crippen molar-refractivity contribution < 1.29 is 22.4 Å². The molecule has 0 atom stereocenters. The maximum atomic E-state index is 14.0. The van der Waals surface area contributed by atoms with E-state index in [0.717, 1.165) is 28.6 Å². The number of amides is 1. The van der Waals surface area contributed by atoms with E-state index in [1.807, 2.05) is 42.5 Å². The van der Waals surface area contributed by atoms with Crippen LogP contribution in [0, 0.1) is 5.82 Å². The Bertz CT molecular complexity index is 1240. The molecule has 0 fully saturated rings. The highest BCUT2D eigenvalue weighted by molar-refractivity contribution is 5.95. The number of carbonyl (C=O) groups is 1. The summed E-state index contributed by atoms with van der Waals surface area (Å²) in [6.45, 7) is 0.134. The van der Waals surface area contributed by atoms with Gasteiger partial charge >= 0.3 is 6.18 Å². The van der Waals surface area contributed by atoms with Crippen LogP contribution >= 0.6 is 0 Å². The highest BCUT2D eigenvalue weighted by Crippen LogP contribution is 2.34. The van der Waals surface area contributed by atoms with Crippen LogP contribution < -0.4 is 5.32 Å². The Morgan fingerprint density at radius 2 is 1.68 bits per heavy atom. The Labute approximate surface area is 175 Å². The van der Waals surface area contributed by atoms with Gasteiger partial charge in [0.05, 0.1) is 11.8 Å². The van der Waals surface area contributed by atoms with Crippen LogP contribution in [0.25, 0.3) is 16.5 Å². The SMILES string of the molecule is O=C(NCCc1cccc2ccccc12)c1cnn(-c2ccccc2F)c1C(F)(F)F. The van der Waals surface area contributed by atoms with Crippen molar-refractivity contribution in [1.82, 2.24) is 15.1 Å². The fourth-order valence-electron chi connectivity index (χ4n) is 3.51. The number of carbonyl (C=O) groups excluding carboxylic acids is 1. The van der Waals surface area contributed by atoms with Crippen molar-refractivity contribution in [2.75, 3.05) is 6.54 Å². The molecule has 0 bridgehead atoms. The van der Waals surface area contributed by atoms with E-state index in [-0.39, 0.29) is 12.2 Å². The average Bonchev–Trinajstić information content (AvgIpc) is 3.20. The molecule has 4 rings (SSSR count). The van der Waals surface area contributed by atoms with Crippen molar-refractivity contribution in [2.45, 2.75) is 12.6 Å². The molecule has 0 spiro atoms. The molecule has 31 heavy (non-hydrogen) atoms. The van der Waals surface area contributed by atoms with Crippen molar-refractivity contribution in [3.8, 4) is 5.69 Å². The van der Waals surface area contributed by atoms with Gasteiger partial charge in [-0.1, -0.05) is 54.6 Å². The van der Waals surface area contributed by atoms with E-state index in [1.165, 1.54) is 18.2 Å². The number of halogens is 4. The number of nitrogens with zero attached hydrogens (tertiary/aromatic N) is 2. The molecule has 0 unspecified atom stereocenters. The van der Waals surface area contributed by atoms with Gasteiger partial charge in [-0.05, 0) is 34.9 Å². The summed E-state index contributed by atoms with van der Waals surface area (Å²) in [7, 11) is 0. The minimum Gasteiger partial charge on any atom is -0.352 e. The molecule has 1 N–H and O–H groups in total. The van der Waals surface area contributed by atoms with Gasteiger partial charge in [0.15, 0.2) is 5.69 Å². The minimum absolute atomic E-state index is 0.134. The molecule has 4 nitrogen and oxygen atoms in total. The normalized spacial score (nSPS) is 11.6. The van der Waals surface area contributed by atoms with E-state index >= 15 is 0 Å². The van der Waals surface area contributed by atoms with Gasteiger partial charge in [-0.3, -0.25) is 4.79 Å². The van der Waals surface area contributed by atoms with Crippen LogP contribution in [0.1, 0.15) is 21.6 Å². The largest absolute Gasteiger partial charge is 0.434 e. The quantitative estimate of drug-likeness (QED) is 0.448.